The zero-order chi connectivity index (χ0) is 15.6. The van der Waals surface area contributed by atoms with Crippen molar-refractivity contribution in [3.05, 3.63) is 70.0 Å². The summed E-state index contributed by atoms with van der Waals surface area (Å²) in [6.45, 7) is 0. The second kappa shape index (κ2) is 5.97. The van der Waals surface area contributed by atoms with E-state index in [1.54, 1.807) is 17.5 Å². The van der Waals surface area contributed by atoms with Gasteiger partial charge in [-0.05, 0) is 40.6 Å². The first-order valence-corrected chi connectivity index (χ1v) is 8.57. The van der Waals surface area contributed by atoms with Gasteiger partial charge < -0.3 is 5.32 Å². The molecule has 3 aromatic rings. The van der Waals surface area contributed by atoms with Gasteiger partial charge in [0.25, 0.3) is 0 Å². The second-order valence-corrected chi connectivity index (χ2v) is 6.72. The summed E-state index contributed by atoms with van der Waals surface area (Å²) in [5.41, 5.74) is 4.80. The fourth-order valence-corrected chi connectivity index (χ4v) is 3.76. The van der Waals surface area contributed by atoms with Crippen LogP contribution in [0.25, 0.3) is 11.1 Å². The molecule has 1 aliphatic rings. The van der Waals surface area contributed by atoms with Gasteiger partial charge in [-0.15, -0.1) is 11.3 Å². The molecule has 0 saturated carbocycles. The van der Waals surface area contributed by atoms with Gasteiger partial charge >= 0.3 is 0 Å². The van der Waals surface area contributed by atoms with Crippen molar-refractivity contribution in [3.63, 3.8) is 0 Å². The van der Waals surface area contributed by atoms with Crippen molar-refractivity contribution in [2.24, 2.45) is 0 Å². The minimum Gasteiger partial charge on any atom is -0.310 e. The lowest BCUT2D eigenvalue weighted by molar-refractivity contribution is -0.116. The van der Waals surface area contributed by atoms with E-state index < -0.39 is 0 Å². The predicted octanol–water partition coefficient (Wildman–Crippen LogP) is 4.29. The summed E-state index contributed by atoms with van der Waals surface area (Å²) in [4.78, 5) is 17.2. The zero-order valence-corrected chi connectivity index (χ0v) is 13.4. The molecule has 1 aliphatic heterocycles. The van der Waals surface area contributed by atoms with Crippen molar-refractivity contribution in [1.29, 1.82) is 0 Å². The average Bonchev–Trinajstić information content (AvgIpc) is 3.07. The Morgan fingerprint density at radius 3 is 2.96 bits per heavy atom. The molecule has 0 spiro atoms. The zero-order valence-electron chi connectivity index (χ0n) is 12.6. The van der Waals surface area contributed by atoms with Crippen LogP contribution >= 0.6 is 11.3 Å². The van der Waals surface area contributed by atoms with Crippen LogP contribution < -0.4 is 5.32 Å². The van der Waals surface area contributed by atoms with Crippen LogP contribution in [0.3, 0.4) is 0 Å². The van der Waals surface area contributed by atoms with Gasteiger partial charge in [-0.1, -0.05) is 30.3 Å². The largest absolute Gasteiger partial charge is 0.310 e. The number of thiophene rings is 1. The van der Waals surface area contributed by atoms with E-state index in [1.165, 1.54) is 21.6 Å². The van der Waals surface area contributed by atoms with Gasteiger partial charge in [0.2, 0.25) is 5.91 Å². The minimum atomic E-state index is 0.0496. The van der Waals surface area contributed by atoms with Gasteiger partial charge in [0.05, 0.1) is 0 Å². The minimum absolute atomic E-state index is 0.0496. The lowest BCUT2D eigenvalue weighted by Crippen LogP contribution is -2.20. The maximum atomic E-state index is 11.6. The number of fused-ring (bicyclic) bond motifs is 1. The lowest BCUT2D eigenvalue weighted by atomic mass is 9.94. The second-order valence-electron chi connectivity index (χ2n) is 5.69. The summed E-state index contributed by atoms with van der Waals surface area (Å²) < 4.78 is 0. The van der Waals surface area contributed by atoms with Crippen molar-refractivity contribution in [1.82, 2.24) is 4.98 Å². The molecule has 0 unspecified atom stereocenters. The summed E-state index contributed by atoms with van der Waals surface area (Å²) in [7, 11) is 0. The Balaban J connectivity index is 1.71. The van der Waals surface area contributed by atoms with E-state index in [0.29, 0.717) is 12.2 Å². The predicted molar refractivity (Wildman–Crippen MR) is 93.7 cm³/mol. The maximum absolute atomic E-state index is 11.6. The van der Waals surface area contributed by atoms with Crippen molar-refractivity contribution >= 4 is 23.1 Å². The molecule has 23 heavy (non-hydrogen) atoms. The number of amides is 1. The quantitative estimate of drug-likeness (QED) is 0.782. The molecule has 1 aromatic carbocycles. The van der Waals surface area contributed by atoms with E-state index in [9.17, 15) is 4.79 Å². The van der Waals surface area contributed by atoms with Gasteiger partial charge in [0.1, 0.15) is 5.82 Å². The molecule has 4 rings (SSSR count). The number of carbonyl (C=O) groups is 1. The molecule has 3 nitrogen and oxygen atoms in total. The van der Waals surface area contributed by atoms with E-state index >= 15 is 0 Å². The molecule has 0 atom stereocenters. The van der Waals surface area contributed by atoms with Crippen LogP contribution in [-0.2, 0) is 17.6 Å². The van der Waals surface area contributed by atoms with E-state index in [1.807, 2.05) is 6.07 Å². The highest BCUT2D eigenvalue weighted by Gasteiger charge is 2.19. The maximum Gasteiger partial charge on any atom is 0.225 e. The summed E-state index contributed by atoms with van der Waals surface area (Å²) in [5, 5.41) is 4.98. The highest BCUT2D eigenvalue weighted by Crippen LogP contribution is 2.32. The van der Waals surface area contributed by atoms with Crippen LogP contribution in [0.4, 0.5) is 5.82 Å². The Bertz CT molecular complexity index is 856. The monoisotopic (exact) mass is 320 g/mol. The van der Waals surface area contributed by atoms with Crippen LogP contribution in [0.2, 0.25) is 0 Å². The molecule has 1 amide bonds. The van der Waals surface area contributed by atoms with Crippen molar-refractivity contribution in [2.75, 3.05) is 5.32 Å². The first kappa shape index (κ1) is 14.2. The van der Waals surface area contributed by atoms with Crippen LogP contribution in [0.1, 0.15) is 22.4 Å². The SMILES string of the molecule is O=C1CCc2c(-c3cccc(Cc4cccs4)c3)ccnc2N1. The third kappa shape index (κ3) is 2.90. The standard InChI is InChI=1S/C19H16N2OS/c22-18-7-6-17-16(8-9-20-19(17)21-18)14-4-1-3-13(11-14)12-15-5-2-10-23-15/h1-5,8-11H,6-7,12H2,(H,20,21,22). The van der Waals surface area contributed by atoms with Crippen LogP contribution in [0, 0.1) is 0 Å². The molecule has 0 aliphatic carbocycles. The summed E-state index contributed by atoms with van der Waals surface area (Å²) in [6.07, 6.45) is 4.00. The molecule has 1 N–H and O–H groups in total. The Hall–Kier alpha value is -2.46. The smallest absolute Gasteiger partial charge is 0.225 e. The van der Waals surface area contributed by atoms with Crippen molar-refractivity contribution in [2.45, 2.75) is 19.3 Å². The normalized spacial score (nSPS) is 13.5. The van der Waals surface area contributed by atoms with Gasteiger partial charge in [0.15, 0.2) is 0 Å². The fraction of sp³-hybridized carbons (Fsp3) is 0.158. The van der Waals surface area contributed by atoms with E-state index in [2.05, 4.69) is 52.1 Å². The van der Waals surface area contributed by atoms with Crippen LogP contribution in [-0.4, -0.2) is 10.9 Å². The molecular weight excluding hydrogens is 304 g/mol. The van der Waals surface area contributed by atoms with Crippen LogP contribution in [0.15, 0.2) is 54.0 Å². The van der Waals surface area contributed by atoms with E-state index in [-0.39, 0.29) is 5.91 Å². The Kier molecular flexibility index (Phi) is 3.67. The average molecular weight is 320 g/mol. The summed E-state index contributed by atoms with van der Waals surface area (Å²) >= 11 is 1.79. The van der Waals surface area contributed by atoms with Crippen molar-refractivity contribution in [3.8, 4) is 11.1 Å². The van der Waals surface area contributed by atoms with E-state index in [0.717, 1.165) is 18.4 Å². The lowest BCUT2D eigenvalue weighted by Gasteiger charge is -2.19. The third-order valence-electron chi connectivity index (χ3n) is 4.11. The Labute approximate surface area is 139 Å². The highest BCUT2D eigenvalue weighted by molar-refractivity contribution is 7.09. The number of hydrogen-bond donors (Lipinski definition) is 1. The number of carbonyl (C=O) groups excluding carboxylic acids is 1. The summed E-state index contributed by atoms with van der Waals surface area (Å²) in [6, 6.07) is 14.9. The number of anilines is 1. The highest BCUT2D eigenvalue weighted by atomic mass is 32.1. The first-order chi connectivity index (χ1) is 11.3. The fourth-order valence-electron chi connectivity index (χ4n) is 3.02. The number of pyridine rings is 1. The van der Waals surface area contributed by atoms with Crippen LogP contribution in [0.5, 0.6) is 0 Å². The number of aromatic nitrogens is 1. The molecule has 0 fully saturated rings. The first-order valence-electron chi connectivity index (χ1n) is 7.69. The molecule has 3 heterocycles. The molecular formula is C19H16N2OS. The number of benzene rings is 1. The Morgan fingerprint density at radius 2 is 2.09 bits per heavy atom. The van der Waals surface area contributed by atoms with E-state index in [4.69, 9.17) is 0 Å². The number of nitrogens with zero attached hydrogens (tertiary/aromatic N) is 1. The van der Waals surface area contributed by atoms with Gasteiger partial charge in [-0.3, -0.25) is 4.79 Å². The number of nitrogens with one attached hydrogen (secondary N) is 1. The van der Waals surface area contributed by atoms with Gasteiger partial charge in [0, 0.05) is 29.5 Å². The molecule has 114 valence electrons. The molecule has 0 saturated heterocycles. The van der Waals surface area contributed by atoms with Crippen molar-refractivity contribution < 1.29 is 4.79 Å². The number of rotatable bonds is 3. The Morgan fingerprint density at radius 1 is 1.13 bits per heavy atom. The topological polar surface area (TPSA) is 42.0 Å². The third-order valence-corrected chi connectivity index (χ3v) is 4.99. The molecule has 0 bridgehead atoms. The number of hydrogen-bond acceptors (Lipinski definition) is 3. The molecule has 0 radical (unpaired) electrons. The van der Waals surface area contributed by atoms with Gasteiger partial charge in [-0.2, -0.15) is 0 Å². The van der Waals surface area contributed by atoms with Gasteiger partial charge in [-0.25, -0.2) is 4.98 Å². The summed E-state index contributed by atoms with van der Waals surface area (Å²) in [5.74, 6) is 0.760. The molecule has 2 aromatic heterocycles. The molecule has 4 heteroatoms.